The summed E-state index contributed by atoms with van der Waals surface area (Å²) >= 11 is 6.16. The summed E-state index contributed by atoms with van der Waals surface area (Å²) in [6.07, 6.45) is 1.78. The maximum atomic E-state index is 6.16. The van der Waals surface area contributed by atoms with Crippen LogP contribution in [0.25, 0.3) is 26.8 Å². The lowest BCUT2D eigenvalue weighted by atomic mass is 10.0. The number of furan rings is 1. The zero-order valence-electron chi connectivity index (χ0n) is 9.53. The van der Waals surface area contributed by atoms with E-state index in [-0.39, 0.29) is 0 Å². The SMILES string of the molecule is ClC1=CNCc2c1oc1cc3ccccc3cc21. The van der Waals surface area contributed by atoms with E-state index in [0.29, 0.717) is 5.03 Å². The van der Waals surface area contributed by atoms with Gasteiger partial charge in [-0.25, -0.2) is 0 Å². The molecule has 1 N–H and O–H groups in total. The molecular formula is C15H10ClNO. The van der Waals surface area contributed by atoms with E-state index in [2.05, 4.69) is 29.6 Å². The van der Waals surface area contributed by atoms with Crippen molar-refractivity contribution >= 4 is 38.4 Å². The molecule has 88 valence electrons. The summed E-state index contributed by atoms with van der Waals surface area (Å²) in [6.45, 7) is 0.761. The Hall–Kier alpha value is -1.93. The molecule has 18 heavy (non-hydrogen) atoms. The minimum Gasteiger partial charge on any atom is -0.455 e. The summed E-state index contributed by atoms with van der Waals surface area (Å²) in [5, 5.41) is 7.35. The van der Waals surface area contributed by atoms with Crippen LogP contribution >= 0.6 is 11.6 Å². The lowest BCUT2D eigenvalue weighted by Gasteiger charge is -2.08. The van der Waals surface area contributed by atoms with Gasteiger partial charge in [-0.15, -0.1) is 0 Å². The van der Waals surface area contributed by atoms with Gasteiger partial charge in [0, 0.05) is 23.7 Å². The Balaban J connectivity index is 2.14. The predicted octanol–water partition coefficient (Wildman–Crippen LogP) is 4.23. The molecule has 1 aliphatic rings. The first-order valence-electron chi connectivity index (χ1n) is 5.86. The summed E-state index contributed by atoms with van der Waals surface area (Å²) in [5.41, 5.74) is 2.04. The third-order valence-electron chi connectivity index (χ3n) is 3.38. The van der Waals surface area contributed by atoms with Gasteiger partial charge in [-0.3, -0.25) is 0 Å². The van der Waals surface area contributed by atoms with E-state index in [9.17, 15) is 0 Å². The molecule has 2 heterocycles. The van der Waals surface area contributed by atoms with E-state index < -0.39 is 0 Å². The Morgan fingerprint density at radius 1 is 1.11 bits per heavy atom. The molecule has 0 saturated heterocycles. The second-order valence-corrected chi connectivity index (χ2v) is 4.89. The quantitative estimate of drug-likeness (QED) is 0.650. The molecule has 0 amide bonds. The van der Waals surface area contributed by atoms with Crippen LogP contribution < -0.4 is 5.32 Å². The fourth-order valence-electron chi connectivity index (χ4n) is 2.51. The Morgan fingerprint density at radius 3 is 2.72 bits per heavy atom. The van der Waals surface area contributed by atoms with E-state index in [1.165, 1.54) is 10.8 Å². The molecule has 0 unspecified atom stereocenters. The number of halogens is 1. The van der Waals surface area contributed by atoms with Crippen LogP contribution in [0.15, 0.2) is 47.0 Å². The molecule has 0 spiro atoms. The van der Waals surface area contributed by atoms with E-state index in [1.807, 2.05) is 12.1 Å². The lowest BCUT2D eigenvalue weighted by Crippen LogP contribution is -2.10. The first-order chi connectivity index (χ1) is 8.83. The topological polar surface area (TPSA) is 25.2 Å². The van der Waals surface area contributed by atoms with Gasteiger partial charge < -0.3 is 9.73 Å². The lowest BCUT2D eigenvalue weighted by molar-refractivity contribution is 0.590. The van der Waals surface area contributed by atoms with E-state index >= 15 is 0 Å². The van der Waals surface area contributed by atoms with E-state index in [0.717, 1.165) is 28.8 Å². The molecule has 0 saturated carbocycles. The Morgan fingerprint density at radius 2 is 1.89 bits per heavy atom. The predicted molar refractivity (Wildman–Crippen MR) is 74.4 cm³/mol. The van der Waals surface area contributed by atoms with Gasteiger partial charge in [-0.05, 0) is 22.9 Å². The molecule has 0 fully saturated rings. The average molecular weight is 256 g/mol. The number of fused-ring (bicyclic) bond motifs is 4. The van der Waals surface area contributed by atoms with Crippen molar-refractivity contribution in [3.63, 3.8) is 0 Å². The van der Waals surface area contributed by atoms with Gasteiger partial charge in [-0.1, -0.05) is 35.9 Å². The van der Waals surface area contributed by atoms with Gasteiger partial charge in [-0.2, -0.15) is 0 Å². The second-order valence-electron chi connectivity index (χ2n) is 4.48. The van der Waals surface area contributed by atoms with Crippen molar-refractivity contribution in [3.8, 4) is 0 Å². The number of hydrogen-bond acceptors (Lipinski definition) is 2. The maximum Gasteiger partial charge on any atom is 0.153 e. The first-order valence-corrected chi connectivity index (χ1v) is 6.24. The summed E-state index contributed by atoms with van der Waals surface area (Å²) in [7, 11) is 0. The van der Waals surface area contributed by atoms with Gasteiger partial charge in [0.15, 0.2) is 5.76 Å². The highest BCUT2D eigenvalue weighted by Gasteiger charge is 2.19. The Labute approximate surface area is 109 Å². The molecule has 0 radical (unpaired) electrons. The van der Waals surface area contributed by atoms with Crippen LogP contribution in [0.1, 0.15) is 11.3 Å². The first kappa shape index (κ1) is 10.0. The Bertz CT molecular complexity index is 801. The minimum atomic E-state index is 0.636. The van der Waals surface area contributed by atoms with Crippen molar-refractivity contribution < 1.29 is 4.42 Å². The molecule has 2 nitrogen and oxygen atoms in total. The molecular weight excluding hydrogens is 246 g/mol. The van der Waals surface area contributed by atoms with Crippen molar-refractivity contribution in [1.29, 1.82) is 0 Å². The molecule has 0 atom stereocenters. The van der Waals surface area contributed by atoms with Crippen molar-refractivity contribution in [2.45, 2.75) is 6.54 Å². The highest BCUT2D eigenvalue weighted by atomic mass is 35.5. The summed E-state index contributed by atoms with van der Waals surface area (Å²) in [6, 6.07) is 12.5. The molecule has 3 heteroatoms. The third kappa shape index (κ3) is 1.30. The number of hydrogen-bond donors (Lipinski definition) is 1. The largest absolute Gasteiger partial charge is 0.455 e. The third-order valence-corrected chi connectivity index (χ3v) is 3.66. The normalized spacial score (nSPS) is 14.4. The molecule has 2 aromatic carbocycles. The smallest absolute Gasteiger partial charge is 0.153 e. The van der Waals surface area contributed by atoms with Gasteiger partial charge in [0.2, 0.25) is 0 Å². The highest BCUT2D eigenvalue weighted by molar-refractivity contribution is 6.48. The van der Waals surface area contributed by atoms with E-state index in [4.69, 9.17) is 16.0 Å². The fraction of sp³-hybridized carbons (Fsp3) is 0.0667. The highest BCUT2D eigenvalue weighted by Crippen LogP contribution is 2.36. The number of nitrogens with one attached hydrogen (secondary N) is 1. The van der Waals surface area contributed by atoms with Crippen molar-refractivity contribution in [3.05, 3.63) is 53.9 Å². The van der Waals surface area contributed by atoms with Crippen LogP contribution in [0.2, 0.25) is 0 Å². The van der Waals surface area contributed by atoms with Crippen molar-refractivity contribution in [2.24, 2.45) is 0 Å². The molecule has 1 aliphatic heterocycles. The summed E-state index contributed by atoms with van der Waals surface area (Å²) in [4.78, 5) is 0. The molecule has 0 bridgehead atoms. The van der Waals surface area contributed by atoms with Gasteiger partial charge >= 0.3 is 0 Å². The van der Waals surface area contributed by atoms with Crippen LogP contribution in [0.4, 0.5) is 0 Å². The standard InChI is InChI=1S/C15H10ClNO/c16-13-8-17-7-12-11-5-9-3-1-2-4-10(9)6-14(11)18-15(12)13/h1-6,8,17H,7H2. The molecule has 0 aliphatic carbocycles. The average Bonchev–Trinajstić information content (AvgIpc) is 2.76. The van der Waals surface area contributed by atoms with Crippen LogP contribution in [-0.4, -0.2) is 0 Å². The zero-order valence-corrected chi connectivity index (χ0v) is 10.3. The van der Waals surface area contributed by atoms with Crippen molar-refractivity contribution in [2.75, 3.05) is 0 Å². The fourth-order valence-corrected chi connectivity index (χ4v) is 2.74. The molecule has 1 aromatic heterocycles. The maximum absolute atomic E-state index is 6.16. The molecule has 3 aromatic rings. The summed E-state index contributed by atoms with van der Waals surface area (Å²) in [5.74, 6) is 0.792. The van der Waals surface area contributed by atoms with Gasteiger partial charge in [0.1, 0.15) is 5.58 Å². The second kappa shape index (κ2) is 3.53. The van der Waals surface area contributed by atoms with Crippen LogP contribution in [0, 0.1) is 0 Å². The van der Waals surface area contributed by atoms with Crippen LogP contribution in [-0.2, 0) is 6.54 Å². The van der Waals surface area contributed by atoms with Crippen molar-refractivity contribution in [1.82, 2.24) is 5.32 Å². The minimum absolute atomic E-state index is 0.636. The Kier molecular flexibility index (Phi) is 1.97. The summed E-state index contributed by atoms with van der Waals surface area (Å²) < 4.78 is 5.87. The van der Waals surface area contributed by atoms with Gasteiger partial charge in [0.25, 0.3) is 0 Å². The van der Waals surface area contributed by atoms with Crippen LogP contribution in [0.3, 0.4) is 0 Å². The van der Waals surface area contributed by atoms with E-state index in [1.54, 1.807) is 6.20 Å². The number of benzene rings is 2. The molecule has 4 rings (SSSR count). The van der Waals surface area contributed by atoms with Gasteiger partial charge in [0.05, 0.1) is 5.03 Å². The van der Waals surface area contributed by atoms with Crippen LogP contribution in [0.5, 0.6) is 0 Å². The number of rotatable bonds is 0. The zero-order chi connectivity index (χ0) is 12.1. The monoisotopic (exact) mass is 255 g/mol.